The number of anilines is 1. The minimum atomic E-state index is -0.225. The summed E-state index contributed by atoms with van der Waals surface area (Å²) in [7, 11) is 0. The van der Waals surface area contributed by atoms with E-state index in [4.69, 9.17) is 10.8 Å². The number of rotatable bonds is 4. The first kappa shape index (κ1) is 14.0. The lowest BCUT2D eigenvalue weighted by atomic mass is 10.0. The molecule has 1 rings (SSSR count). The maximum absolute atomic E-state index is 12.0. The van der Waals surface area contributed by atoms with E-state index in [1.54, 1.807) is 18.2 Å². The van der Waals surface area contributed by atoms with E-state index in [2.05, 4.69) is 21.2 Å². The van der Waals surface area contributed by atoms with E-state index in [-0.39, 0.29) is 24.5 Å². The van der Waals surface area contributed by atoms with Crippen molar-refractivity contribution in [2.24, 2.45) is 5.92 Å². The van der Waals surface area contributed by atoms with Crippen molar-refractivity contribution >= 4 is 27.5 Å². The quantitative estimate of drug-likeness (QED) is 0.742. The van der Waals surface area contributed by atoms with E-state index < -0.39 is 0 Å². The number of hydrogen-bond acceptors (Lipinski definition) is 3. The topological polar surface area (TPSA) is 75.3 Å². The number of nitrogens with one attached hydrogen (secondary N) is 1. The summed E-state index contributed by atoms with van der Waals surface area (Å²) in [5.41, 5.74) is 6.62. The van der Waals surface area contributed by atoms with Gasteiger partial charge in [-0.25, -0.2) is 0 Å². The lowest BCUT2D eigenvalue weighted by Gasteiger charge is -2.19. The van der Waals surface area contributed by atoms with Gasteiger partial charge in [-0.2, -0.15) is 0 Å². The summed E-state index contributed by atoms with van der Waals surface area (Å²) < 4.78 is 0.805. The summed E-state index contributed by atoms with van der Waals surface area (Å²) in [6.45, 7) is 3.76. The standard InChI is InChI=1S/C12H17BrN2O2/c1-7(6-16)8(2)15-12(17)10-5-9(13)3-4-11(10)14/h3-5,7-8,16H,6,14H2,1-2H3,(H,15,17). The largest absolute Gasteiger partial charge is 0.398 e. The summed E-state index contributed by atoms with van der Waals surface area (Å²) in [5, 5.41) is 11.8. The van der Waals surface area contributed by atoms with E-state index >= 15 is 0 Å². The van der Waals surface area contributed by atoms with Crippen LogP contribution in [-0.4, -0.2) is 23.7 Å². The maximum Gasteiger partial charge on any atom is 0.253 e. The van der Waals surface area contributed by atoms with Crippen LogP contribution >= 0.6 is 15.9 Å². The van der Waals surface area contributed by atoms with Crippen LogP contribution in [-0.2, 0) is 0 Å². The molecular weight excluding hydrogens is 284 g/mol. The number of benzene rings is 1. The van der Waals surface area contributed by atoms with Crippen LogP contribution in [0.1, 0.15) is 24.2 Å². The summed E-state index contributed by atoms with van der Waals surface area (Å²) in [4.78, 5) is 12.0. The van der Waals surface area contributed by atoms with Crippen LogP contribution in [0.5, 0.6) is 0 Å². The Bertz CT molecular complexity index is 409. The summed E-state index contributed by atoms with van der Waals surface area (Å²) >= 11 is 3.30. The van der Waals surface area contributed by atoms with Crippen LogP contribution in [0.25, 0.3) is 0 Å². The molecule has 0 spiro atoms. The Morgan fingerprint density at radius 3 is 2.76 bits per heavy atom. The molecule has 1 amide bonds. The van der Waals surface area contributed by atoms with Crippen molar-refractivity contribution < 1.29 is 9.90 Å². The van der Waals surface area contributed by atoms with Gasteiger partial charge in [-0.1, -0.05) is 22.9 Å². The number of aliphatic hydroxyl groups excluding tert-OH is 1. The normalized spacial score (nSPS) is 14.1. The van der Waals surface area contributed by atoms with Crippen LogP contribution in [0, 0.1) is 5.92 Å². The summed E-state index contributed by atoms with van der Waals surface area (Å²) in [6, 6.07) is 5.04. The van der Waals surface area contributed by atoms with Crippen molar-refractivity contribution in [2.75, 3.05) is 12.3 Å². The molecule has 4 N–H and O–H groups in total. The van der Waals surface area contributed by atoms with Crippen LogP contribution in [0.15, 0.2) is 22.7 Å². The van der Waals surface area contributed by atoms with Crippen molar-refractivity contribution in [2.45, 2.75) is 19.9 Å². The van der Waals surface area contributed by atoms with E-state index in [1.807, 2.05) is 13.8 Å². The molecule has 94 valence electrons. The van der Waals surface area contributed by atoms with Gasteiger partial charge in [0.25, 0.3) is 5.91 Å². The third-order valence-corrected chi connectivity index (χ3v) is 3.25. The fourth-order valence-corrected chi connectivity index (χ4v) is 1.67. The molecule has 17 heavy (non-hydrogen) atoms. The molecule has 0 aromatic heterocycles. The van der Waals surface area contributed by atoms with Crippen molar-refractivity contribution in [3.05, 3.63) is 28.2 Å². The maximum atomic E-state index is 12.0. The first-order valence-corrected chi connectivity index (χ1v) is 6.21. The second-order valence-electron chi connectivity index (χ2n) is 4.15. The number of aliphatic hydroxyl groups is 1. The zero-order valence-electron chi connectivity index (χ0n) is 9.90. The molecule has 0 heterocycles. The molecular formula is C12H17BrN2O2. The van der Waals surface area contributed by atoms with Crippen molar-refractivity contribution in [1.29, 1.82) is 0 Å². The Hall–Kier alpha value is -1.07. The molecule has 1 aromatic rings. The highest BCUT2D eigenvalue weighted by Crippen LogP contribution is 2.18. The molecule has 0 aliphatic carbocycles. The molecule has 0 fully saturated rings. The smallest absolute Gasteiger partial charge is 0.253 e. The van der Waals surface area contributed by atoms with Gasteiger partial charge in [0.2, 0.25) is 0 Å². The van der Waals surface area contributed by atoms with Gasteiger partial charge in [0.05, 0.1) is 5.56 Å². The first-order valence-electron chi connectivity index (χ1n) is 5.42. The average molecular weight is 301 g/mol. The Morgan fingerprint density at radius 1 is 1.53 bits per heavy atom. The minimum Gasteiger partial charge on any atom is -0.398 e. The van der Waals surface area contributed by atoms with E-state index in [0.717, 1.165) is 4.47 Å². The lowest BCUT2D eigenvalue weighted by Crippen LogP contribution is -2.38. The number of hydrogen-bond donors (Lipinski definition) is 3. The molecule has 0 aliphatic heterocycles. The zero-order chi connectivity index (χ0) is 13.0. The summed E-state index contributed by atoms with van der Waals surface area (Å²) in [5.74, 6) is -0.219. The molecule has 5 heteroatoms. The van der Waals surface area contributed by atoms with E-state index in [9.17, 15) is 4.79 Å². The Balaban J connectivity index is 2.79. The van der Waals surface area contributed by atoms with Crippen LogP contribution in [0.4, 0.5) is 5.69 Å². The van der Waals surface area contributed by atoms with Gasteiger partial charge in [-0.3, -0.25) is 4.79 Å². The third kappa shape index (κ3) is 3.71. The molecule has 2 unspecified atom stereocenters. The highest BCUT2D eigenvalue weighted by atomic mass is 79.9. The zero-order valence-corrected chi connectivity index (χ0v) is 11.5. The fourth-order valence-electron chi connectivity index (χ4n) is 1.31. The van der Waals surface area contributed by atoms with Crippen molar-refractivity contribution in [3.8, 4) is 0 Å². The number of carbonyl (C=O) groups is 1. The number of nitrogens with two attached hydrogens (primary N) is 1. The SMILES string of the molecule is CC(CO)C(C)NC(=O)c1cc(Br)ccc1N. The number of halogens is 1. The molecule has 0 saturated heterocycles. The Morgan fingerprint density at radius 2 is 2.18 bits per heavy atom. The predicted octanol–water partition coefficient (Wildman–Crippen LogP) is 1.78. The highest BCUT2D eigenvalue weighted by molar-refractivity contribution is 9.10. The average Bonchev–Trinajstić information content (AvgIpc) is 2.30. The number of carbonyl (C=O) groups excluding carboxylic acids is 1. The Labute approximate surface area is 109 Å². The fraction of sp³-hybridized carbons (Fsp3) is 0.417. The second-order valence-corrected chi connectivity index (χ2v) is 5.07. The van der Waals surface area contributed by atoms with Gasteiger partial charge in [0, 0.05) is 22.8 Å². The van der Waals surface area contributed by atoms with E-state index in [0.29, 0.717) is 11.3 Å². The van der Waals surface area contributed by atoms with Gasteiger partial charge in [-0.05, 0) is 31.0 Å². The molecule has 2 atom stereocenters. The van der Waals surface area contributed by atoms with Crippen molar-refractivity contribution in [1.82, 2.24) is 5.32 Å². The third-order valence-electron chi connectivity index (χ3n) is 2.76. The van der Waals surface area contributed by atoms with Crippen LogP contribution in [0.2, 0.25) is 0 Å². The van der Waals surface area contributed by atoms with Gasteiger partial charge in [0.1, 0.15) is 0 Å². The number of nitrogen functional groups attached to an aromatic ring is 1. The monoisotopic (exact) mass is 300 g/mol. The molecule has 1 aromatic carbocycles. The molecule has 0 aliphatic rings. The lowest BCUT2D eigenvalue weighted by molar-refractivity contribution is 0.0917. The van der Waals surface area contributed by atoms with Crippen molar-refractivity contribution in [3.63, 3.8) is 0 Å². The van der Waals surface area contributed by atoms with Crippen LogP contribution in [0.3, 0.4) is 0 Å². The molecule has 0 saturated carbocycles. The molecule has 0 radical (unpaired) electrons. The highest BCUT2D eigenvalue weighted by Gasteiger charge is 2.16. The first-order chi connectivity index (χ1) is 7.95. The van der Waals surface area contributed by atoms with Gasteiger partial charge in [0.15, 0.2) is 0 Å². The van der Waals surface area contributed by atoms with Gasteiger partial charge < -0.3 is 16.2 Å². The second kappa shape index (κ2) is 6.02. The van der Waals surface area contributed by atoms with Gasteiger partial charge >= 0.3 is 0 Å². The molecule has 4 nitrogen and oxygen atoms in total. The Kier molecular flexibility index (Phi) is 4.96. The minimum absolute atomic E-state index is 0.00678. The number of amides is 1. The van der Waals surface area contributed by atoms with E-state index in [1.165, 1.54) is 0 Å². The molecule has 0 bridgehead atoms. The van der Waals surface area contributed by atoms with Crippen LogP contribution < -0.4 is 11.1 Å². The van der Waals surface area contributed by atoms with Gasteiger partial charge in [-0.15, -0.1) is 0 Å². The predicted molar refractivity (Wildman–Crippen MR) is 71.7 cm³/mol. The summed E-state index contributed by atoms with van der Waals surface area (Å²) in [6.07, 6.45) is 0.